The predicted octanol–water partition coefficient (Wildman–Crippen LogP) is 3.85. The second-order valence-corrected chi connectivity index (χ2v) is 6.00. The fourth-order valence-electron chi connectivity index (χ4n) is 1.94. The van der Waals surface area contributed by atoms with Crippen molar-refractivity contribution in [3.05, 3.63) is 15.6 Å². The van der Waals surface area contributed by atoms with Crippen LogP contribution in [-0.2, 0) is 0 Å². The fraction of sp³-hybridized carbons (Fsp3) is 0.769. The van der Waals surface area contributed by atoms with Crippen LogP contribution in [0.4, 0.5) is 0 Å². The summed E-state index contributed by atoms with van der Waals surface area (Å²) < 4.78 is 0. The number of aryl methyl sites for hydroxylation is 2. The van der Waals surface area contributed by atoms with Crippen LogP contribution in [0.2, 0.25) is 0 Å². The average Bonchev–Trinajstić information content (AvgIpc) is 2.52. The first-order chi connectivity index (χ1) is 7.54. The quantitative estimate of drug-likeness (QED) is 0.817. The van der Waals surface area contributed by atoms with Gasteiger partial charge in [0.2, 0.25) is 0 Å². The van der Waals surface area contributed by atoms with Gasteiger partial charge in [0.25, 0.3) is 0 Å². The number of aromatic nitrogens is 1. The van der Waals surface area contributed by atoms with Crippen LogP contribution in [0.1, 0.15) is 55.2 Å². The van der Waals surface area contributed by atoms with E-state index >= 15 is 0 Å². The van der Waals surface area contributed by atoms with Gasteiger partial charge in [-0.3, -0.25) is 0 Å². The van der Waals surface area contributed by atoms with E-state index < -0.39 is 0 Å². The van der Waals surface area contributed by atoms with E-state index in [1.165, 1.54) is 28.4 Å². The molecular formula is C13H24N2S. The van der Waals surface area contributed by atoms with Crippen LogP contribution >= 0.6 is 11.3 Å². The van der Waals surface area contributed by atoms with Gasteiger partial charge in [0, 0.05) is 10.9 Å². The molecule has 1 aromatic heterocycles. The average molecular weight is 240 g/mol. The lowest BCUT2D eigenvalue weighted by Gasteiger charge is -2.18. The molecule has 0 bridgehead atoms. The number of rotatable bonds is 6. The summed E-state index contributed by atoms with van der Waals surface area (Å²) in [6, 6.07) is 0.499. The van der Waals surface area contributed by atoms with Crippen LogP contribution in [0.3, 0.4) is 0 Å². The number of nitrogens with one attached hydrogen (secondary N) is 1. The second kappa shape index (κ2) is 6.36. The second-order valence-electron chi connectivity index (χ2n) is 4.76. The number of thiazole rings is 1. The van der Waals surface area contributed by atoms with Crippen LogP contribution in [0, 0.1) is 19.8 Å². The van der Waals surface area contributed by atoms with Crippen LogP contribution in [0.25, 0.3) is 0 Å². The lowest BCUT2D eigenvalue weighted by molar-refractivity contribution is 0.451. The third-order valence-corrected chi connectivity index (χ3v) is 3.93. The first-order valence-corrected chi connectivity index (χ1v) is 7.03. The molecule has 3 heteroatoms. The van der Waals surface area contributed by atoms with Crippen molar-refractivity contribution in [1.82, 2.24) is 10.3 Å². The lowest BCUT2D eigenvalue weighted by atomic mass is 10.0. The molecule has 0 aliphatic carbocycles. The van der Waals surface area contributed by atoms with Crippen LogP contribution < -0.4 is 5.32 Å². The summed E-state index contributed by atoms with van der Waals surface area (Å²) in [6.07, 6.45) is 2.49. The SMILES string of the molecule is CCNC(CCC(C)C)c1sc(C)nc1C. The van der Waals surface area contributed by atoms with E-state index in [2.05, 4.69) is 44.9 Å². The van der Waals surface area contributed by atoms with Crippen molar-refractivity contribution in [2.45, 2.75) is 53.5 Å². The Morgan fingerprint density at radius 2 is 1.94 bits per heavy atom. The Morgan fingerprint density at radius 1 is 1.25 bits per heavy atom. The zero-order valence-electron chi connectivity index (χ0n) is 11.1. The van der Waals surface area contributed by atoms with Gasteiger partial charge in [-0.2, -0.15) is 0 Å². The summed E-state index contributed by atoms with van der Waals surface area (Å²) >= 11 is 1.84. The molecule has 1 aromatic rings. The maximum Gasteiger partial charge on any atom is 0.0900 e. The highest BCUT2D eigenvalue weighted by Gasteiger charge is 2.16. The molecular weight excluding hydrogens is 216 g/mol. The summed E-state index contributed by atoms with van der Waals surface area (Å²) in [6.45, 7) is 12.0. The van der Waals surface area contributed by atoms with Crippen molar-refractivity contribution in [3.63, 3.8) is 0 Å². The van der Waals surface area contributed by atoms with Gasteiger partial charge in [-0.25, -0.2) is 4.98 Å². The molecule has 1 unspecified atom stereocenters. The van der Waals surface area contributed by atoms with E-state index in [0.29, 0.717) is 6.04 Å². The molecule has 0 fully saturated rings. The number of hydrogen-bond acceptors (Lipinski definition) is 3. The van der Waals surface area contributed by atoms with Crippen LogP contribution in [-0.4, -0.2) is 11.5 Å². The Kier molecular flexibility index (Phi) is 5.42. The molecule has 0 radical (unpaired) electrons. The molecule has 1 rings (SSSR count). The third kappa shape index (κ3) is 3.87. The molecule has 0 saturated carbocycles. The van der Waals surface area contributed by atoms with Crippen LogP contribution in [0.15, 0.2) is 0 Å². The third-order valence-electron chi connectivity index (χ3n) is 2.74. The summed E-state index contributed by atoms with van der Waals surface area (Å²) in [5, 5.41) is 4.76. The van der Waals surface area contributed by atoms with Gasteiger partial charge in [0.1, 0.15) is 0 Å². The Bertz CT molecular complexity index is 318. The molecule has 1 heterocycles. The molecule has 0 amide bonds. The molecule has 2 nitrogen and oxygen atoms in total. The first-order valence-electron chi connectivity index (χ1n) is 6.21. The lowest BCUT2D eigenvalue weighted by Crippen LogP contribution is -2.21. The molecule has 0 aliphatic rings. The highest BCUT2D eigenvalue weighted by Crippen LogP contribution is 2.28. The Hall–Kier alpha value is -0.410. The van der Waals surface area contributed by atoms with Gasteiger partial charge in [0.15, 0.2) is 0 Å². The standard InChI is InChI=1S/C13H24N2S/c1-6-14-12(8-7-9(2)3)13-10(4)15-11(5)16-13/h9,12,14H,6-8H2,1-5H3. The van der Waals surface area contributed by atoms with Crippen molar-refractivity contribution >= 4 is 11.3 Å². The fourth-order valence-corrected chi connectivity index (χ4v) is 2.98. The van der Waals surface area contributed by atoms with Gasteiger partial charge in [0.05, 0.1) is 10.7 Å². The minimum atomic E-state index is 0.499. The minimum absolute atomic E-state index is 0.499. The molecule has 0 saturated heterocycles. The first kappa shape index (κ1) is 13.7. The van der Waals surface area contributed by atoms with Gasteiger partial charge < -0.3 is 5.32 Å². The molecule has 1 atom stereocenters. The monoisotopic (exact) mass is 240 g/mol. The molecule has 1 N–H and O–H groups in total. The Morgan fingerprint density at radius 3 is 2.38 bits per heavy atom. The molecule has 0 aliphatic heterocycles. The molecule has 0 spiro atoms. The van der Waals surface area contributed by atoms with E-state index in [1.54, 1.807) is 0 Å². The normalized spacial score (nSPS) is 13.4. The van der Waals surface area contributed by atoms with Gasteiger partial charge in [-0.15, -0.1) is 11.3 Å². The van der Waals surface area contributed by atoms with Crippen molar-refractivity contribution in [2.24, 2.45) is 5.92 Å². The largest absolute Gasteiger partial charge is 0.309 e. The van der Waals surface area contributed by atoms with Gasteiger partial charge >= 0.3 is 0 Å². The summed E-state index contributed by atoms with van der Waals surface area (Å²) in [7, 11) is 0. The summed E-state index contributed by atoms with van der Waals surface area (Å²) in [5.74, 6) is 0.774. The highest BCUT2D eigenvalue weighted by molar-refractivity contribution is 7.11. The maximum absolute atomic E-state index is 4.52. The van der Waals surface area contributed by atoms with Crippen molar-refractivity contribution < 1.29 is 0 Å². The van der Waals surface area contributed by atoms with Gasteiger partial charge in [-0.05, 0) is 39.2 Å². The summed E-state index contributed by atoms with van der Waals surface area (Å²) in [4.78, 5) is 5.95. The zero-order valence-corrected chi connectivity index (χ0v) is 11.9. The zero-order chi connectivity index (χ0) is 12.1. The Balaban J connectivity index is 2.72. The highest BCUT2D eigenvalue weighted by atomic mass is 32.1. The summed E-state index contributed by atoms with van der Waals surface area (Å²) in [5.41, 5.74) is 1.21. The van der Waals surface area contributed by atoms with E-state index in [4.69, 9.17) is 0 Å². The van der Waals surface area contributed by atoms with Crippen molar-refractivity contribution in [3.8, 4) is 0 Å². The Labute approximate surface area is 103 Å². The molecule has 92 valence electrons. The van der Waals surface area contributed by atoms with E-state index in [9.17, 15) is 0 Å². The molecule has 0 aromatic carbocycles. The van der Waals surface area contributed by atoms with E-state index in [0.717, 1.165) is 12.5 Å². The minimum Gasteiger partial charge on any atom is -0.309 e. The van der Waals surface area contributed by atoms with Crippen LogP contribution in [0.5, 0.6) is 0 Å². The number of hydrogen-bond donors (Lipinski definition) is 1. The smallest absolute Gasteiger partial charge is 0.0900 e. The predicted molar refractivity (Wildman–Crippen MR) is 72.1 cm³/mol. The number of nitrogens with zero attached hydrogens (tertiary/aromatic N) is 1. The van der Waals surface area contributed by atoms with E-state index in [1.807, 2.05) is 11.3 Å². The maximum atomic E-state index is 4.52. The van der Waals surface area contributed by atoms with E-state index in [-0.39, 0.29) is 0 Å². The van der Waals surface area contributed by atoms with Gasteiger partial charge in [-0.1, -0.05) is 20.8 Å². The molecule has 16 heavy (non-hydrogen) atoms. The van der Waals surface area contributed by atoms with Crippen molar-refractivity contribution in [2.75, 3.05) is 6.54 Å². The van der Waals surface area contributed by atoms with Crippen molar-refractivity contribution in [1.29, 1.82) is 0 Å². The topological polar surface area (TPSA) is 24.9 Å².